The molecule has 0 aliphatic carbocycles. The normalized spacial score (nSPS) is 20.3. The molecule has 3 rings (SSSR count). The Kier molecular flexibility index (Phi) is 7.22. The molecular formula is C18H21BBr2N2O4S. The van der Waals surface area contributed by atoms with Crippen LogP contribution in [-0.4, -0.2) is 50.5 Å². The van der Waals surface area contributed by atoms with Crippen LogP contribution in [0.1, 0.15) is 6.42 Å². The summed E-state index contributed by atoms with van der Waals surface area (Å²) in [6.07, 6.45) is 0.544. The molecule has 0 bridgehead atoms. The van der Waals surface area contributed by atoms with Crippen molar-refractivity contribution >= 4 is 48.9 Å². The molecule has 0 amide bonds. The first-order chi connectivity index (χ1) is 13.3. The first kappa shape index (κ1) is 21.8. The van der Waals surface area contributed by atoms with Gasteiger partial charge in [-0.25, -0.2) is 13.1 Å². The summed E-state index contributed by atoms with van der Waals surface area (Å²) in [4.78, 5) is 2.03. The number of nitrogens with one attached hydrogen (secondary N) is 1. The zero-order valence-corrected chi connectivity index (χ0v) is 19.2. The Hall–Kier alpha value is -0.905. The summed E-state index contributed by atoms with van der Waals surface area (Å²) < 4.78 is 35.5. The zero-order valence-electron chi connectivity index (χ0n) is 15.3. The fourth-order valence-corrected chi connectivity index (χ4v) is 6.07. The van der Waals surface area contributed by atoms with Gasteiger partial charge in [0.2, 0.25) is 10.0 Å². The first-order valence-corrected chi connectivity index (χ1v) is 11.9. The highest BCUT2D eigenvalue weighted by atomic mass is 79.9. The van der Waals surface area contributed by atoms with E-state index in [1.165, 1.54) is 0 Å². The van der Waals surface area contributed by atoms with E-state index in [2.05, 4.69) is 36.6 Å². The minimum absolute atomic E-state index is 0.0983. The Morgan fingerprint density at radius 1 is 1.25 bits per heavy atom. The smallest absolute Gasteiger partial charge is 0.376 e. The lowest BCUT2D eigenvalue weighted by Gasteiger charge is -2.24. The molecule has 2 aromatic rings. The Morgan fingerprint density at radius 2 is 1.96 bits per heavy atom. The number of hydrogen-bond donors (Lipinski definition) is 2. The van der Waals surface area contributed by atoms with Gasteiger partial charge >= 0.3 is 7.05 Å². The highest BCUT2D eigenvalue weighted by Crippen LogP contribution is 2.27. The summed E-state index contributed by atoms with van der Waals surface area (Å²) >= 11 is 6.61. The van der Waals surface area contributed by atoms with Crippen LogP contribution in [-0.2, 0) is 10.0 Å². The Morgan fingerprint density at radius 3 is 2.64 bits per heavy atom. The van der Waals surface area contributed by atoms with Crippen molar-refractivity contribution in [2.24, 2.45) is 0 Å². The molecule has 2 aromatic carbocycles. The fourth-order valence-electron chi connectivity index (χ4n) is 3.32. The molecule has 28 heavy (non-hydrogen) atoms. The second-order valence-corrected chi connectivity index (χ2v) is 10.2. The van der Waals surface area contributed by atoms with Crippen LogP contribution in [0.4, 0.5) is 0 Å². The molecule has 0 unspecified atom stereocenters. The van der Waals surface area contributed by atoms with E-state index < -0.39 is 17.1 Å². The van der Waals surface area contributed by atoms with E-state index in [9.17, 15) is 13.4 Å². The molecule has 1 fully saturated rings. The Balaban J connectivity index is 1.70. The van der Waals surface area contributed by atoms with Crippen molar-refractivity contribution < 1.29 is 18.2 Å². The number of ether oxygens (including phenoxy) is 1. The molecule has 1 saturated heterocycles. The van der Waals surface area contributed by atoms with Crippen molar-refractivity contribution in [2.75, 3.05) is 13.2 Å². The van der Waals surface area contributed by atoms with E-state index in [1.807, 2.05) is 35.1 Å². The number of para-hydroxylation sites is 1. The summed E-state index contributed by atoms with van der Waals surface area (Å²) in [5.41, 5.74) is 0. The molecule has 0 spiro atoms. The summed E-state index contributed by atoms with van der Waals surface area (Å²) in [6, 6.07) is 14.0. The number of halogens is 2. The van der Waals surface area contributed by atoms with Crippen LogP contribution in [0.5, 0.6) is 5.75 Å². The van der Waals surface area contributed by atoms with E-state index >= 15 is 0 Å². The quantitative estimate of drug-likeness (QED) is 0.537. The molecule has 0 saturated carbocycles. The van der Waals surface area contributed by atoms with Crippen LogP contribution in [0.2, 0.25) is 6.82 Å². The molecule has 1 aliphatic rings. The standard InChI is InChI=1S/C18H21BBr2N2O4S/c1-19(24)23-11-14(10-15(23)12-27-16-5-3-2-4-6-16)22-28(25,26)18-9-13(20)7-8-17(18)21/h2-9,14-15,22,24H,10-12H2,1H3/t14-,15-/m1/s1. The van der Waals surface area contributed by atoms with E-state index in [1.54, 1.807) is 25.0 Å². The largest absolute Gasteiger partial charge is 0.492 e. The highest BCUT2D eigenvalue weighted by Gasteiger charge is 2.38. The molecular weight excluding hydrogens is 511 g/mol. The molecule has 10 heteroatoms. The van der Waals surface area contributed by atoms with Gasteiger partial charge in [0.15, 0.2) is 0 Å². The second kappa shape index (κ2) is 9.27. The van der Waals surface area contributed by atoms with Gasteiger partial charge in [-0.05, 0) is 59.5 Å². The van der Waals surface area contributed by atoms with E-state index in [4.69, 9.17) is 4.74 Å². The molecule has 0 aromatic heterocycles. The number of benzene rings is 2. The minimum atomic E-state index is -3.71. The van der Waals surface area contributed by atoms with E-state index in [0.717, 1.165) is 5.75 Å². The molecule has 150 valence electrons. The Labute approximate surface area is 182 Å². The topological polar surface area (TPSA) is 78.9 Å². The highest BCUT2D eigenvalue weighted by molar-refractivity contribution is 9.11. The van der Waals surface area contributed by atoms with Gasteiger partial charge in [0, 0.05) is 27.6 Å². The van der Waals surface area contributed by atoms with Gasteiger partial charge in [0.1, 0.15) is 12.4 Å². The lowest BCUT2D eigenvalue weighted by molar-refractivity contribution is 0.219. The van der Waals surface area contributed by atoms with Crippen LogP contribution in [0.3, 0.4) is 0 Å². The average Bonchev–Trinajstić information content (AvgIpc) is 3.05. The first-order valence-electron chi connectivity index (χ1n) is 8.85. The maximum Gasteiger partial charge on any atom is 0.376 e. The third kappa shape index (κ3) is 5.37. The van der Waals surface area contributed by atoms with Gasteiger partial charge in [0.05, 0.1) is 4.90 Å². The summed E-state index contributed by atoms with van der Waals surface area (Å²) in [5.74, 6) is 0.745. The van der Waals surface area contributed by atoms with Gasteiger partial charge in [-0.15, -0.1) is 0 Å². The van der Waals surface area contributed by atoms with Crippen molar-refractivity contribution in [2.45, 2.75) is 30.2 Å². The maximum atomic E-state index is 12.8. The van der Waals surface area contributed by atoms with Crippen molar-refractivity contribution in [1.29, 1.82) is 0 Å². The molecule has 1 aliphatic heterocycles. The van der Waals surface area contributed by atoms with Gasteiger partial charge in [-0.1, -0.05) is 34.1 Å². The summed E-state index contributed by atoms with van der Waals surface area (Å²) in [6.45, 7) is 2.45. The molecule has 2 atom stereocenters. The second-order valence-electron chi connectivity index (χ2n) is 6.74. The zero-order chi connectivity index (χ0) is 20.3. The summed E-state index contributed by atoms with van der Waals surface area (Å²) in [7, 11) is -4.41. The van der Waals surface area contributed by atoms with Crippen LogP contribution < -0.4 is 9.46 Å². The van der Waals surface area contributed by atoms with Gasteiger partial charge in [0.25, 0.3) is 0 Å². The van der Waals surface area contributed by atoms with Crippen molar-refractivity contribution in [1.82, 2.24) is 9.53 Å². The number of sulfonamides is 1. The molecule has 0 radical (unpaired) electrons. The monoisotopic (exact) mass is 530 g/mol. The summed E-state index contributed by atoms with van der Waals surface area (Å²) in [5, 5.41) is 10.1. The predicted molar refractivity (Wildman–Crippen MR) is 117 cm³/mol. The van der Waals surface area contributed by atoms with Crippen LogP contribution in [0.15, 0.2) is 62.4 Å². The van der Waals surface area contributed by atoms with Crippen molar-refractivity contribution in [3.8, 4) is 5.75 Å². The van der Waals surface area contributed by atoms with Crippen LogP contribution >= 0.6 is 31.9 Å². The lowest BCUT2D eigenvalue weighted by Crippen LogP contribution is -2.44. The number of nitrogens with zero attached hydrogens (tertiary/aromatic N) is 1. The molecule has 6 nitrogen and oxygen atoms in total. The number of hydrogen-bond acceptors (Lipinski definition) is 5. The van der Waals surface area contributed by atoms with Crippen molar-refractivity contribution in [3.05, 3.63) is 57.5 Å². The van der Waals surface area contributed by atoms with Crippen molar-refractivity contribution in [3.63, 3.8) is 0 Å². The predicted octanol–water partition coefficient (Wildman–Crippen LogP) is 3.12. The SMILES string of the molecule is CB(O)N1C[C@H](NS(=O)(=O)c2cc(Br)ccc2Br)C[C@@H]1COc1ccccc1. The van der Waals surface area contributed by atoms with Crippen LogP contribution in [0.25, 0.3) is 0 Å². The van der Waals surface area contributed by atoms with Crippen LogP contribution in [0, 0.1) is 0 Å². The van der Waals surface area contributed by atoms with E-state index in [0.29, 0.717) is 28.5 Å². The van der Waals surface area contributed by atoms with Gasteiger partial charge in [-0.2, -0.15) is 0 Å². The number of rotatable bonds is 7. The molecule has 2 N–H and O–H groups in total. The van der Waals surface area contributed by atoms with Gasteiger partial charge < -0.3 is 14.6 Å². The average molecular weight is 532 g/mol. The Bertz CT molecular complexity index is 915. The molecule has 1 heterocycles. The minimum Gasteiger partial charge on any atom is -0.492 e. The third-order valence-corrected chi connectivity index (χ3v) is 7.63. The van der Waals surface area contributed by atoms with E-state index in [-0.39, 0.29) is 17.0 Å². The maximum absolute atomic E-state index is 12.8. The third-order valence-electron chi connectivity index (χ3n) is 4.63. The fraction of sp³-hybridized carbons (Fsp3) is 0.333. The van der Waals surface area contributed by atoms with Gasteiger partial charge in [-0.3, -0.25) is 0 Å². The lowest BCUT2D eigenvalue weighted by atomic mass is 9.84.